The lowest BCUT2D eigenvalue weighted by atomic mass is 9.94. The average molecular weight is 450 g/mol. The van der Waals surface area contributed by atoms with E-state index >= 15 is 0 Å². The minimum absolute atomic E-state index is 0.0554. The van der Waals surface area contributed by atoms with Gasteiger partial charge < -0.3 is 24.2 Å². The molecule has 1 atom stereocenters. The first-order valence-electron chi connectivity index (χ1n) is 11.1. The summed E-state index contributed by atoms with van der Waals surface area (Å²) in [6.45, 7) is 0. The van der Waals surface area contributed by atoms with Gasteiger partial charge in [0.15, 0.2) is 11.5 Å². The van der Waals surface area contributed by atoms with Crippen molar-refractivity contribution in [3.63, 3.8) is 0 Å². The number of rotatable bonds is 6. The van der Waals surface area contributed by atoms with Crippen LogP contribution in [0.1, 0.15) is 53.3 Å². The van der Waals surface area contributed by atoms with Crippen molar-refractivity contribution in [2.24, 2.45) is 0 Å². The van der Waals surface area contributed by atoms with Gasteiger partial charge in [-0.2, -0.15) is 5.10 Å². The lowest BCUT2D eigenvalue weighted by Gasteiger charge is -2.32. The maximum absolute atomic E-state index is 13.6. The van der Waals surface area contributed by atoms with Crippen LogP contribution in [0.25, 0.3) is 11.3 Å². The van der Waals surface area contributed by atoms with Crippen LogP contribution in [-0.2, 0) is 0 Å². The molecule has 1 aliphatic heterocycles. The zero-order valence-corrected chi connectivity index (χ0v) is 18.9. The number of fused-ring (bicyclic) bond motifs is 1. The number of aromatic nitrogens is 2. The molecule has 2 heterocycles. The highest BCUT2D eigenvalue weighted by molar-refractivity contribution is 6.00. The van der Waals surface area contributed by atoms with Crippen molar-refractivity contribution in [2.45, 2.75) is 37.8 Å². The van der Waals surface area contributed by atoms with E-state index in [-0.39, 0.29) is 23.7 Å². The van der Waals surface area contributed by atoms with E-state index in [9.17, 15) is 9.90 Å². The van der Waals surface area contributed by atoms with Crippen LogP contribution in [-0.4, -0.2) is 53.5 Å². The van der Waals surface area contributed by atoms with Gasteiger partial charge in [-0.1, -0.05) is 12.8 Å². The number of ether oxygens (including phenoxy) is 3. The van der Waals surface area contributed by atoms with Crippen LogP contribution >= 0.6 is 0 Å². The predicted octanol–water partition coefficient (Wildman–Crippen LogP) is 4.30. The highest BCUT2D eigenvalue weighted by atomic mass is 16.5. The van der Waals surface area contributed by atoms with Crippen molar-refractivity contribution < 1.29 is 24.1 Å². The van der Waals surface area contributed by atoms with Crippen LogP contribution in [0.15, 0.2) is 36.4 Å². The predicted molar refractivity (Wildman–Crippen MR) is 122 cm³/mol. The minimum Gasteiger partial charge on any atom is -0.502 e. The number of nitrogens with zero attached hydrogens (tertiary/aromatic N) is 2. The number of aromatic hydroxyl groups is 1. The molecule has 2 N–H and O–H groups in total. The zero-order chi connectivity index (χ0) is 23.1. The molecule has 0 bridgehead atoms. The van der Waals surface area contributed by atoms with Gasteiger partial charge in [-0.15, -0.1) is 0 Å². The molecule has 8 heteroatoms. The Hall–Kier alpha value is -3.68. The van der Waals surface area contributed by atoms with Crippen molar-refractivity contribution in [2.75, 3.05) is 21.3 Å². The molecule has 1 amide bonds. The number of benzene rings is 2. The van der Waals surface area contributed by atoms with Crippen molar-refractivity contribution in [1.29, 1.82) is 0 Å². The maximum atomic E-state index is 13.6. The van der Waals surface area contributed by atoms with E-state index in [0.29, 0.717) is 17.2 Å². The van der Waals surface area contributed by atoms with E-state index in [4.69, 9.17) is 14.2 Å². The third-order valence-electron chi connectivity index (χ3n) is 6.70. The molecule has 33 heavy (non-hydrogen) atoms. The number of carbonyl (C=O) groups is 1. The lowest BCUT2D eigenvalue weighted by Crippen LogP contribution is -2.37. The van der Waals surface area contributed by atoms with Gasteiger partial charge in [-0.05, 0) is 54.8 Å². The first kappa shape index (κ1) is 21.2. The number of aromatic amines is 1. The third-order valence-corrected chi connectivity index (χ3v) is 6.70. The summed E-state index contributed by atoms with van der Waals surface area (Å²) in [5.41, 5.74) is 3.74. The van der Waals surface area contributed by atoms with E-state index in [1.54, 1.807) is 19.2 Å². The average Bonchev–Trinajstić information content (AvgIpc) is 3.57. The zero-order valence-electron chi connectivity index (χ0n) is 18.9. The highest BCUT2D eigenvalue weighted by Crippen LogP contribution is 2.49. The number of nitrogens with one attached hydrogen (secondary N) is 1. The molecule has 2 aliphatic rings. The molecular formula is C25H27N3O5. The number of H-pyrrole nitrogens is 1. The van der Waals surface area contributed by atoms with Gasteiger partial charge in [0.2, 0.25) is 5.75 Å². The van der Waals surface area contributed by atoms with Gasteiger partial charge >= 0.3 is 0 Å². The monoisotopic (exact) mass is 449 g/mol. The highest BCUT2D eigenvalue weighted by Gasteiger charge is 2.46. The van der Waals surface area contributed by atoms with Crippen molar-refractivity contribution >= 4 is 5.91 Å². The second-order valence-electron chi connectivity index (χ2n) is 8.42. The van der Waals surface area contributed by atoms with E-state index < -0.39 is 0 Å². The van der Waals surface area contributed by atoms with Crippen molar-refractivity contribution in [1.82, 2.24) is 15.1 Å². The van der Waals surface area contributed by atoms with Gasteiger partial charge in [0.05, 0.1) is 33.1 Å². The molecule has 0 radical (unpaired) electrons. The number of phenols is 1. The smallest absolute Gasteiger partial charge is 0.273 e. The number of amides is 1. The van der Waals surface area contributed by atoms with E-state index in [2.05, 4.69) is 10.2 Å². The Labute approximate surface area is 192 Å². The first-order valence-corrected chi connectivity index (χ1v) is 11.1. The second kappa shape index (κ2) is 8.35. The molecule has 1 aliphatic carbocycles. The fourth-order valence-corrected chi connectivity index (χ4v) is 5.09. The van der Waals surface area contributed by atoms with Gasteiger partial charge in [0.1, 0.15) is 11.4 Å². The molecule has 3 aromatic rings. The van der Waals surface area contributed by atoms with E-state index in [1.807, 2.05) is 29.2 Å². The number of hydrogen-bond donors (Lipinski definition) is 2. The van der Waals surface area contributed by atoms with Crippen molar-refractivity contribution in [3.05, 3.63) is 53.2 Å². The van der Waals surface area contributed by atoms with Crippen LogP contribution in [0.2, 0.25) is 0 Å². The third kappa shape index (κ3) is 3.37. The van der Waals surface area contributed by atoms with Gasteiger partial charge in [-0.25, -0.2) is 0 Å². The number of phenolic OH excluding ortho intramolecular Hbond substituents is 1. The SMILES string of the molecule is COc1ccc(-c2n[nH]c3c2C(c2cc(OC)c(O)c(OC)c2)N(C2CCCC2)C3=O)cc1. The molecule has 1 aromatic heterocycles. The summed E-state index contributed by atoms with van der Waals surface area (Å²) in [5.74, 6) is 1.22. The van der Waals surface area contributed by atoms with Crippen LogP contribution in [0.3, 0.4) is 0 Å². The first-order chi connectivity index (χ1) is 16.1. The topological polar surface area (TPSA) is 96.9 Å². The Kier molecular flexibility index (Phi) is 5.36. The molecule has 8 nitrogen and oxygen atoms in total. The van der Waals surface area contributed by atoms with Gasteiger partial charge in [0.25, 0.3) is 5.91 Å². The van der Waals surface area contributed by atoms with Crippen LogP contribution in [0, 0.1) is 0 Å². The quantitative estimate of drug-likeness (QED) is 0.583. The van der Waals surface area contributed by atoms with E-state index in [1.165, 1.54) is 14.2 Å². The molecule has 2 aromatic carbocycles. The molecule has 5 rings (SSSR count). The van der Waals surface area contributed by atoms with Crippen molar-refractivity contribution in [3.8, 4) is 34.3 Å². The fourth-order valence-electron chi connectivity index (χ4n) is 5.09. The minimum atomic E-state index is -0.380. The number of hydrogen-bond acceptors (Lipinski definition) is 6. The van der Waals surface area contributed by atoms with Crippen LogP contribution in [0.4, 0.5) is 0 Å². The van der Waals surface area contributed by atoms with Gasteiger partial charge in [-0.3, -0.25) is 9.89 Å². The molecule has 172 valence electrons. The van der Waals surface area contributed by atoms with Gasteiger partial charge in [0, 0.05) is 17.2 Å². The summed E-state index contributed by atoms with van der Waals surface area (Å²) < 4.78 is 16.1. The molecular weight excluding hydrogens is 422 g/mol. The Bertz CT molecular complexity index is 1160. The fraction of sp³-hybridized carbons (Fsp3) is 0.360. The molecule has 1 fully saturated rings. The Morgan fingerprint density at radius 3 is 2.21 bits per heavy atom. The van der Waals surface area contributed by atoms with E-state index in [0.717, 1.165) is 53.8 Å². The summed E-state index contributed by atoms with van der Waals surface area (Å²) in [4.78, 5) is 15.6. The number of carbonyl (C=O) groups excluding carboxylic acids is 1. The molecule has 0 spiro atoms. The summed E-state index contributed by atoms with van der Waals surface area (Å²) in [7, 11) is 4.62. The number of methoxy groups -OCH3 is 3. The Morgan fingerprint density at radius 1 is 1.00 bits per heavy atom. The maximum Gasteiger partial charge on any atom is 0.273 e. The molecule has 0 saturated heterocycles. The molecule has 1 saturated carbocycles. The standard InChI is InChI=1S/C25H27N3O5/c1-31-17-10-8-14(9-11-17)21-20-22(27-26-21)25(30)28(16-6-4-5-7-16)23(20)15-12-18(32-2)24(29)19(13-15)33-3/h8-13,16,23,29H,4-7H2,1-3H3,(H,26,27). The Balaban J connectivity index is 1.70. The molecule has 1 unspecified atom stereocenters. The normalized spacial score (nSPS) is 18.0. The van der Waals surface area contributed by atoms with Crippen LogP contribution < -0.4 is 14.2 Å². The second-order valence-corrected chi connectivity index (χ2v) is 8.42. The summed E-state index contributed by atoms with van der Waals surface area (Å²) >= 11 is 0. The summed E-state index contributed by atoms with van der Waals surface area (Å²) in [5, 5.41) is 18.0. The largest absolute Gasteiger partial charge is 0.502 e. The Morgan fingerprint density at radius 2 is 1.64 bits per heavy atom. The lowest BCUT2D eigenvalue weighted by molar-refractivity contribution is 0.0659. The summed E-state index contributed by atoms with van der Waals surface area (Å²) in [6, 6.07) is 10.9. The van der Waals surface area contributed by atoms with Crippen LogP contribution in [0.5, 0.6) is 23.0 Å². The summed E-state index contributed by atoms with van der Waals surface area (Å²) in [6.07, 6.45) is 4.12.